The molecule has 1 saturated heterocycles. The van der Waals surface area contributed by atoms with Gasteiger partial charge in [-0.15, -0.1) is 0 Å². The summed E-state index contributed by atoms with van der Waals surface area (Å²) in [6.45, 7) is 0.359. The second-order valence-corrected chi connectivity index (χ2v) is 8.69. The van der Waals surface area contributed by atoms with Crippen LogP contribution in [0.2, 0.25) is 10.0 Å². The van der Waals surface area contributed by atoms with E-state index in [0.717, 1.165) is 0 Å². The van der Waals surface area contributed by atoms with Crippen LogP contribution >= 0.6 is 23.2 Å². The molecule has 1 fully saturated rings. The highest BCUT2D eigenvalue weighted by atomic mass is 35.5. The SMILES string of the molecule is COc1ccc(Cl)cc1NC(=O)Nc1ccc(Cl)c(N2CCCS2(=O)=O)c1. The number of hydrogen-bond donors (Lipinski definition) is 2. The maximum absolute atomic E-state index is 12.3. The quantitative estimate of drug-likeness (QED) is 0.762. The summed E-state index contributed by atoms with van der Waals surface area (Å²) < 4.78 is 30.7. The lowest BCUT2D eigenvalue weighted by Crippen LogP contribution is -2.26. The molecule has 144 valence electrons. The topological polar surface area (TPSA) is 87.7 Å². The van der Waals surface area contributed by atoms with Crippen LogP contribution in [0.3, 0.4) is 0 Å². The van der Waals surface area contributed by atoms with Gasteiger partial charge in [0, 0.05) is 17.3 Å². The lowest BCUT2D eigenvalue weighted by Gasteiger charge is -2.19. The van der Waals surface area contributed by atoms with Crippen molar-refractivity contribution in [3.63, 3.8) is 0 Å². The molecule has 0 radical (unpaired) electrons. The van der Waals surface area contributed by atoms with Gasteiger partial charge in [-0.2, -0.15) is 0 Å². The van der Waals surface area contributed by atoms with Gasteiger partial charge in [0.15, 0.2) is 0 Å². The van der Waals surface area contributed by atoms with Gasteiger partial charge in [-0.1, -0.05) is 23.2 Å². The van der Waals surface area contributed by atoms with Crippen molar-refractivity contribution < 1.29 is 17.9 Å². The van der Waals surface area contributed by atoms with Crippen LogP contribution in [-0.2, 0) is 10.0 Å². The Morgan fingerprint density at radius 1 is 1.15 bits per heavy atom. The van der Waals surface area contributed by atoms with E-state index in [1.807, 2.05) is 0 Å². The number of nitrogens with zero attached hydrogens (tertiary/aromatic N) is 1. The van der Waals surface area contributed by atoms with E-state index in [1.54, 1.807) is 30.3 Å². The molecule has 2 aromatic rings. The molecule has 27 heavy (non-hydrogen) atoms. The molecule has 0 atom stereocenters. The first-order valence-corrected chi connectivity index (χ1v) is 10.4. The summed E-state index contributed by atoms with van der Waals surface area (Å²) in [4.78, 5) is 12.3. The third-order valence-electron chi connectivity index (χ3n) is 3.98. The summed E-state index contributed by atoms with van der Waals surface area (Å²) >= 11 is 12.1. The standard InChI is InChI=1S/C17H17Cl2N3O4S/c1-26-16-6-3-11(18)9-14(16)21-17(23)20-12-4-5-13(19)15(10-12)22-7-2-8-27(22,24)25/h3-6,9-10H,2,7-8H2,1H3,(H2,20,21,23). The zero-order chi connectivity index (χ0) is 19.6. The van der Waals surface area contributed by atoms with E-state index >= 15 is 0 Å². The zero-order valence-electron chi connectivity index (χ0n) is 14.3. The molecule has 1 heterocycles. The summed E-state index contributed by atoms with van der Waals surface area (Å²) in [7, 11) is -1.90. The van der Waals surface area contributed by atoms with Gasteiger partial charge in [0.2, 0.25) is 10.0 Å². The Hall–Kier alpha value is -2.16. The number of benzene rings is 2. The Bertz CT molecular complexity index is 982. The van der Waals surface area contributed by atoms with Crippen LogP contribution in [0.4, 0.5) is 21.9 Å². The fraction of sp³-hybridized carbons (Fsp3) is 0.235. The third-order valence-corrected chi connectivity index (χ3v) is 6.39. The Kier molecular flexibility index (Phi) is 5.69. The van der Waals surface area contributed by atoms with Gasteiger partial charge < -0.3 is 15.4 Å². The second-order valence-electron chi connectivity index (χ2n) is 5.83. The van der Waals surface area contributed by atoms with E-state index in [9.17, 15) is 13.2 Å². The predicted octanol–water partition coefficient (Wildman–Crippen LogP) is 4.19. The van der Waals surface area contributed by atoms with Crippen molar-refractivity contribution in [2.24, 2.45) is 0 Å². The van der Waals surface area contributed by atoms with Crippen LogP contribution in [0.15, 0.2) is 36.4 Å². The molecule has 0 aromatic heterocycles. The number of nitrogens with one attached hydrogen (secondary N) is 2. The Morgan fingerprint density at radius 2 is 1.93 bits per heavy atom. The summed E-state index contributed by atoms with van der Waals surface area (Å²) in [5.74, 6) is 0.533. The Balaban J connectivity index is 1.79. The normalized spacial score (nSPS) is 15.4. The van der Waals surface area contributed by atoms with Crippen molar-refractivity contribution in [2.75, 3.05) is 34.3 Å². The smallest absolute Gasteiger partial charge is 0.323 e. The molecule has 0 unspecified atom stereocenters. The minimum absolute atomic E-state index is 0.0794. The molecule has 7 nitrogen and oxygen atoms in total. The van der Waals surface area contributed by atoms with Gasteiger partial charge in [-0.05, 0) is 42.8 Å². The molecule has 3 rings (SSSR count). The number of urea groups is 1. The van der Waals surface area contributed by atoms with Crippen molar-refractivity contribution in [3.8, 4) is 5.75 Å². The first-order valence-electron chi connectivity index (χ1n) is 8.01. The molecule has 10 heteroatoms. The fourth-order valence-electron chi connectivity index (χ4n) is 2.75. The lowest BCUT2D eigenvalue weighted by molar-refractivity contribution is 0.262. The molecule has 0 aliphatic carbocycles. The van der Waals surface area contributed by atoms with Crippen LogP contribution < -0.4 is 19.7 Å². The second kappa shape index (κ2) is 7.84. The molecular weight excluding hydrogens is 413 g/mol. The summed E-state index contributed by atoms with van der Waals surface area (Å²) in [6.07, 6.45) is 0.533. The monoisotopic (exact) mass is 429 g/mol. The van der Waals surface area contributed by atoms with Crippen molar-refractivity contribution >= 4 is 56.3 Å². The van der Waals surface area contributed by atoms with Gasteiger partial charge in [-0.25, -0.2) is 13.2 Å². The third kappa shape index (κ3) is 4.40. The molecule has 2 N–H and O–H groups in total. The summed E-state index contributed by atoms with van der Waals surface area (Å²) in [5.41, 5.74) is 1.14. The van der Waals surface area contributed by atoms with Crippen molar-refractivity contribution in [2.45, 2.75) is 6.42 Å². The van der Waals surface area contributed by atoms with Crippen LogP contribution in [0.5, 0.6) is 5.75 Å². The van der Waals surface area contributed by atoms with E-state index in [-0.39, 0.29) is 5.75 Å². The number of hydrogen-bond acceptors (Lipinski definition) is 4. The van der Waals surface area contributed by atoms with Crippen LogP contribution in [-0.4, -0.2) is 33.9 Å². The van der Waals surface area contributed by atoms with Crippen LogP contribution in [0, 0.1) is 0 Å². The predicted molar refractivity (Wildman–Crippen MR) is 108 cm³/mol. The number of sulfonamides is 1. The van der Waals surface area contributed by atoms with Crippen molar-refractivity contribution in [1.82, 2.24) is 0 Å². The van der Waals surface area contributed by atoms with Gasteiger partial charge in [0.25, 0.3) is 0 Å². The first kappa shape index (κ1) is 19.6. The van der Waals surface area contributed by atoms with E-state index in [2.05, 4.69) is 10.6 Å². The Labute approximate surface area is 167 Å². The molecule has 0 saturated carbocycles. The van der Waals surface area contributed by atoms with Crippen molar-refractivity contribution in [1.29, 1.82) is 0 Å². The highest BCUT2D eigenvalue weighted by Crippen LogP contribution is 2.34. The average molecular weight is 430 g/mol. The number of carbonyl (C=O) groups excluding carboxylic acids is 1. The van der Waals surface area contributed by atoms with E-state index in [0.29, 0.717) is 45.8 Å². The highest BCUT2D eigenvalue weighted by Gasteiger charge is 2.30. The number of anilines is 3. The minimum atomic E-state index is -3.38. The number of amides is 2. The molecule has 1 aliphatic heterocycles. The molecule has 2 amide bonds. The fourth-order valence-corrected chi connectivity index (χ4v) is 4.77. The van der Waals surface area contributed by atoms with Gasteiger partial charge in [0.05, 0.1) is 29.3 Å². The van der Waals surface area contributed by atoms with E-state index < -0.39 is 16.1 Å². The number of methoxy groups -OCH3 is 1. The summed E-state index contributed by atoms with van der Waals surface area (Å²) in [5, 5.41) is 6.04. The first-order chi connectivity index (χ1) is 12.8. The Morgan fingerprint density at radius 3 is 2.59 bits per heavy atom. The maximum Gasteiger partial charge on any atom is 0.323 e. The van der Waals surface area contributed by atoms with Gasteiger partial charge in [-0.3, -0.25) is 4.31 Å². The van der Waals surface area contributed by atoms with Gasteiger partial charge in [0.1, 0.15) is 5.75 Å². The molecule has 1 aliphatic rings. The minimum Gasteiger partial charge on any atom is -0.495 e. The largest absolute Gasteiger partial charge is 0.495 e. The molecular formula is C17H17Cl2N3O4S. The summed E-state index contributed by atoms with van der Waals surface area (Å²) in [6, 6.07) is 8.96. The lowest BCUT2D eigenvalue weighted by atomic mass is 10.2. The number of ether oxygens (including phenoxy) is 1. The highest BCUT2D eigenvalue weighted by molar-refractivity contribution is 7.93. The zero-order valence-corrected chi connectivity index (χ0v) is 16.7. The number of carbonyl (C=O) groups is 1. The van der Waals surface area contributed by atoms with E-state index in [4.69, 9.17) is 27.9 Å². The van der Waals surface area contributed by atoms with E-state index in [1.165, 1.54) is 17.5 Å². The average Bonchev–Trinajstić information content (AvgIpc) is 2.96. The number of halogens is 2. The molecule has 0 spiro atoms. The maximum atomic E-state index is 12.3. The van der Waals surface area contributed by atoms with Gasteiger partial charge >= 0.3 is 6.03 Å². The van der Waals surface area contributed by atoms with Crippen molar-refractivity contribution in [3.05, 3.63) is 46.4 Å². The molecule has 2 aromatic carbocycles. The molecule has 0 bridgehead atoms. The van der Waals surface area contributed by atoms with Crippen LogP contribution in [0.25, 0.3) is 0 Å². The van der Waals surface area contributed by atoms with Crippen LogP contribution in [0.1, 0.15) is 6.42 Å². The number of rotatable bonds is 4.